The number of carbonyl (C=O) groups excluding carboxylic acids is 1. The highest BCUT2D eigenvalue weighted by molar-refractivity contribution is 7.14. The summed E-state index contributed by atoms with van der Waals surface area (Å²) in [5.74, 6) is 1.22. The van der Waals surface area contributed by atoms with E-state index in [1.165, 1.54) is 11.3 Å². The summed E-state index contributed by atoms with van der Waals surface area (Å²) in [5.41, 5.74) is 2.07. The van der Waals surface area contributed by atoms with Crippen LogP contribution in [-0.2, 0) is 0 Å². The average Bonchev–Trinajstić information content (AvgIpc) is 3.29. The molecule has 26 heavy (non-hydrogen) atoms. The van der Waals surface area contributed by atoms with Gasteiger partial charge in [0.2, 0.25) is 0 Å². The van der Waals surface area contributed by atoms with Gasteiger partial charge in [-0.25, -0.2) is 4.98 Å². The molecule has 0 radical (unpaired) electrons. The first-order valence-electron chi connectivity index (χ1n) is 8.21. The summed E-state index contributed by atoms with van der Waals surface area (Å²) in [4.78, 5) is 16.8. The first-order valence-corrected chi connectivity index (χ1v) is 9.09. The highest BCUT2D eigenvalue weighted by Gasteiger charge is 2.13. The Morgan fingerprint density at radius 1 is 1.19 bits per heavy atom. The van der Waals surface area contributed by atoms with Crippen LogP contribution < -0.4 is 10.1 Å². The molecule has 4 rings (SSSR count). The van der Waals surface area contributed by atoms with Crippen LogP contribution in [0.1, 0.15) is 17.3 Å². The Bertz CT molecular complexity index is 1020. The summed E-state index contributed by atoms with van der Waals surface area (Å²) in [5, 5.41) is 6.24. The van der Waals surface area contributed by atoms with Gasteiger partial charge < -0.3 is 9.15 Å². The third kappa shape index (κ3) is 3.32. The van der Waals surface area contributed by atoms with Crippen LogP contribution >= 0.6 is 11.3 Å². The summed E-state index contributed by atoms with van der Waals surface area (Å²) in [6.07, 6.45) is 0. The van der Waals surface area contributed by atoms with Gasteiger partial charge in [0, 0.05) is 16.3 Å². The van der Waals surface area contributed by atoms with Crippen molar-refractivity contribution in [2.24, 2.45) is 0 Å². The number of anilines is 1. The number of nitrogens with zero attached hydrogens (tertiary/aromatic N) is 1. The maximum atomic E-state index is 12.4. The van der Waals surface area contributed by atoms with Crippen LogP contribution in [0.5, 0.6) is 5.75 Å². The molecule has 0 aliphatic heterocycles. The number of aromatic nitrogens is 1. The zero-order chi connectivity index (χ0) is 17.9. The molecule has 0 saturated heterocycles. The minimum atomic E-state index is -0.210. The maximum absolute atomic E-state index is 12.4. The number of amides is 1. The van der Waals surface area contributed by atoms with Crippen molar-refractivity contribution in [2.45, 2.75) is 6.92 Å². The van der Waals surface area contributed by atoms with Crippen molar-refractivity contribution in [3.8, 4) is 17.2 Å². The predicted molar refractivity (Wildman–Crippen MR) is 103 cm³/mol. The topological polar surface area (TPSA) is 64.4 Å². The van der Waals surface area contributed by atoms with Gasteiger partial charge in [-0.05, 0) is 43.3 Å². The van der Waals surface area contributed by atoms with E-state index in [1.807, 2.05) is 42.6 Å². The lowest BCUT2D eigenvalue weighted by molar-refractivity contribution is 0.102. The van der Waals surface area contributed by atoms with Gasteiger partial charge in [0.1, 0.15) is 17.0 Å². The quantitative estimate of drug-likeness (QED) is 0.528. The molecule has 2 heterocycles. The molecule has 6 heteroatoms. The van der Waals surface area contributed by atoms with E-state index < -0.39 is 0 Å². The maximum Gasteiger partial charge on any atom is 0.257 e. The van der Waals surface area contributed by atoms with E-state index in [9.17, 15) is 4.79 Å². The number of thiazole rings is 1. The minimum absolute atomic E-state index is 0.210. The fourth-order valence-corrected chi connectivity index (χ4v) is 3.29. The number of para-hydroxylation sites is 1. The number of fused-ring (bicyclic) bond motifs is 1. The highest BCUT2D eigenvalue weighted by atomic mass is 32.1. The Labute approximate surface area is 154 Å². The second-order valence-corrected chi connectivity index (χ2v) is 6.46. The molecule has 0 spiro atoms. The molecule has 0 saturated carbocycles. The van der Waals surface area contributed by atoms with Crippen molar-refractivity contribution in [1.29, 1.82) is 0 Å². The van der Waals surface area contributed by atoms with Crippen molar-refractivity contribution in [2.75, 3.05) is 11.9 Å². The standard InChI is InChI=1S/C20H16N2O3S/c1-2-24-15-9-7-13(8-10-15)19(23)22-20-21-16(12-26-20)18-11-14-5-3-4-6-17(14)25-18/h3-12H,2H2,1H3,(H,21,22,23). The zero-order valence-electron chi connectivity index (χ0n) is 14.1. The van der Waals surface area contributed by atoms with Crippen LogP contribution in [-0.4, -0.2) is 17.5 Å². The molecule has 0 fully saturated rings. The van der Waals surface area contributed by atoms with Crippen LogP contribution in [0, 0.1) is 0 Å². The fourth-order valence-electron chi connectivity index (χ4n) is 2.59. The average molecular weight is 364 g/mol. The monoisotopic (exact) mass is 364 g/mol. The van der Waals surface area contributed by atoms with Gasteiger partial charge in [0.05, 0.1) is 6.61 Å². The van der Waals surface area contributed by atoms with Crippen molar-refractivity contribution in [3.05, 3.63) is 65.5 Å². The Balaban J connectivity index is 1.50. The molecule has 1 amide bonds. The lowest BCUT2D eigenvalue weighted by Gasteiger charge is -2.04. The van der Waals surface area contributed by atoms with Gasteiger partial charge >= 0.3 is 0 Å². The molecule has 1 N–H and O–H groups in total. The molecule has 0 atom stereocenters. The molecular weight excluding hydrogens is 348 g/mol. The summed E-state index contributed by atoms with van der Waals surface area (Å²) >= 11 is 1.36. The first kappa shape index (κ1) is 16.4. The van der Waals surface area contributed by atoms with Gasteiger partial charge in [0.15, 0.2) is 10.9 Å². The van der Waals surface area contributed by atoms with Crippen molar-refractivity contribution >= 4 is 33.3 Å². The number of rotatable bonds is 5. The van der Waals surface area contributed by atoms with Crippen LogP contribution in [0.15, 0.2) is 64.4 Å². The molecule has 130 valence electrons. The van der Waals surface area contributed by atoms with Gasteiger partial charge in [-0.2, -0.15) is 0 Å². The molecule has 5 nitrogen and oxygen atoms in total. The normalized spacial score (nSPS) is 10.8. The van der Waals surface area contributed by atoms with Gasteiger partial charge in [0.25, 0.3) is 5.91 Å². The Kier molecular flexibility index (Phi) is 4.41. The number of ether oxygens (including phenoxy) is 1. The van der Waals surface area contributed by atoms with E-state index in [1.54, 1.807) is 24.3 Å². The fraction of sp³-hybridized carbons (Fsp3) is 0.100. The summed E-state index contributed by atoms with van der Waals surface area (Å²) in [6.45, 7) is 2.51. The number of furan rings is 1. The Hall–Kier alpha value is -3.12. The van der Waals surface area contributed by atoms with E-state index in [2.05, 4.69) is 10.3 Å². The number of hydrogen-bond donors (Lipinski definition) is 1. The summed E-state index contributed by atoms with van der Waals surface area (Å²) in [7, 11) is 0. The smallest absolute Gasteiger partial charge is 0.257 e. The van der Waals surface area contributed by atoms with Gasteiger partial charge in [-0.3, -0.25) is 10.1 Å². The molecule has 0 bridgehead atoms. The van der Waals surface area contributed by atoms with E-state index in [0.29, 0.717) is 28.8 Å². The van der Waals surface area contributed by atoms with Crippen LogP contribution in [0.2, 0.25) is 0 Å². The second kappa shape index (κ2) is 7.01. The third-order valence-electron chi connectivity index (χ3n) is 3.83. The molecule has 4 aromatic rings. The summed E-state index contributed by atoms with van der Waals surface area (Å²) < 4.78 is 11.2. The second-order valence-electron chi connectivity index (χ2n) is 5.60. The number of nitrogens with one attached hydrogen (secondary N) is 1. The molecule has 2 aromatic carbocycles. The summed E-state index contributed by atoms with van der Waals surface area (Å²) in [6, 6.07) is 16.8. The first-order chi connectivity index (χ1) is 12.7. The molecule has 0 aliphatic rings. The number of hydrogen-bond acceptors (Lipinski definition) is 5. The Morgan fingerprint density at radius 2 is 2.00 bits per heavy atom. The largest absolute Gasteiger partial charge is 0.494 e. The van der Waals surface area contributed by atoms with E-state index in [0.717, 1.165) is 16.7 Å². The third-order valence-corrected chi connectivity index (χ3v) is 4.59. The minimum Gasteiger partial charge on any atom is -0.494 e. The van der Waals surface area contributed by atoms with E-state index >= 15 is 0 Å². The SMILES string of the molecule is CCOc1ccc(C(=O)Nc2nc(-c3cc4ccccc4o3)cs2)cc1. The zero-order valence-corrected chi connectivity index (χ0v) is 14.9. The lowest BCUT2D eigenvalue weighted by atomic mass is 10.2. The highest BCUT2D eigenvalue weighted by Crippen LogP contribution is 2.30. The van der Waals surface area contributed by atoms with Gasteiger partial charge in [-0.15, -0.1) is 11.3 Å². The predicted octanol–water partition coefficient (Wildman–Crippen LogP) is 5.21. The van der Waals surface area contributed by atoms with E-state index in [4.69, 9.17) is 9.15 Å². The van der Waals surface area contributed by atoms with Crippen LogP contribution in [0.4, 0.5) is 5.13 Å². The number of benzene rings is 2. The molecule has 2 aromatic heterocycles. The molecule has 0 unspecified atom stereocenters. The van der Waals surface area contributed by atoms with Crippen LogP contribution in [0.3, 0.4) is 0 Å². The van der Waals surface area contributed by atoms with Gasteiger partial charge in [-0.1, -0.05) is 18.2 Å². The van der Waals surface area contributed by atoms with Crippen molar-refractivity contribution in [1.82, 2.24) is 4.98 Å². The molecule has 0 aliphatic carbocycles. The van der Waals surface area contributed by atoms with Crippen molar-refractivity contribution in [3.63, 3.8) is 0 Å². The van der Waals surface area contributed by atoms with Crippen LogP contribution in [0.25, 0.3) is 22.4 Å². The lowest BCUT2D eigenvalue weighted by Crippen LogP contribution is -2.11. The molecular formula is C20H16N2O3S. The number of carbonyl (C=O) groups is 1. The van der Waals surface area contributed by atoms with E-state index in [-0.39, 0.29) is 5.91 Å². The Morgan fingerprint density at radius 3 is 2.77 bits per heavy atom. The van der Waals surface area contributed by atoms with Crippen molar-refractivity contribution < 1.29 is 13.9 Å².